The maximum atomic E-state index is 11.5. The Labute approximate surface area is 124 Å². The van der Waals surface area contributed by atoms with E-state index in [9.17, 15) is 4.79 Å². The van der Waals surface area contributed by atoms with E-state index in [1.54, 1.807) is 0 Å². The number of fused-ring (bicyclic) bond motifs is 1. The lowest BCUT2D eigenvalue weighted by molar-refractivity contribution is -0.113. The molecule has 0 atom stereocenters. The molecule has 0 aliphatic heterocycles. The summed E-state index contributed by atoms with van der Waals surface area (Å²) in [6, 6.07) is 9.78. The van der Waals surface area contributed by atoms with Crippen LogP contribution >= 0.6 is 23.1 Å². The van der Waals surface area contributed by atoms with Crippen LogP contribution in [-0.2, 0) is 4.79 Å². The highest BCUT2D eigenvalue weighted by atomic mass is 32.2. The van der Waals surface area contributed by atoms with Gasteiger partial charge in [-0.2, -0.15) is 11.8 Å². The number of rotatable bonds is 4. The Morgan fingerprint density at radius 2 is 2.30 bits per heavy atom. The van der Waals surface area contributed by atoms with Crippen molar-refractivity contribution < 1.29 is 9.21 Å². The van der Waals surface area contributed by atoms with Crippen molar-refractivity contribution in [1.82, 2.24) is 4.98 Å². The molecular formula is C14H12N2O2S2. The molecule has 2 heterocycles. The molecular weight excluding hydrogens is 292 g/mol. The van der Waals surface area contributed by atoms with E-state index >= 15 is 0 Å². The molecule has 6 heteroatoms. The normalized spacial score (nSPS) is 10.8. The molecule has 0 aliphatic rings. The monoisotopic (exact) mass is 304 g/mol. The van der Waals surface area contributed by atoms with Gasteiger partial charge in [0.05, 0.1) is 5.75 Å². The smallest absolute Gasteiger partial charge is 0.236 e. The molecule has 0 radical (unpaired) electrons. The quantitative estimate of drug-likeness (QED) is 0.795. The number of carbonyl (C=O) groups excluding carboxylic acids is 1. The molecule has 0 fully saturated rings. The van der Waals surface area contributed by atoms with Crippen LogP contribution in [0.3, 0.4) is 0 Å². The molecule has 102 valence electrons. The van der Waals surface area contributed by atoms with Gasteiger partial charge in [0, 0.05) is 10.8 Å². The van der Waals surface area contributed by atoms with E-state index in [1.165, 1.54) is 23.1 Å². The first-order chi connectivity index (χ1) is 9.76. The summed E-state index contributed by atoms with van der Waals surface area (Å²) < 4.78 is 5.75. The van der Waals surface area contributed by atoms with Crippen LogP contribution in [-0.4, -0.2) is 22.9 Å². The van der Waals surface area contributed by atoms with E-state index in [-0.39, 0.29) is 5.91 Å². The standard InChI is InChI=1S/C14H12N2O2S2/c1-19-8-13(17)16-14-15-10(7-20-14)12-6-9-4-2-3-5-11(9)18-12/h2-7H,8H2,1H3,(H,15,16,17). The molecule has 0 aliphatic carbocycles. The number of hydrogen-bond acceptors (Lipinski definition) is 5. The SMILES string of the molecule is CSCC(=O)Nc1nc(-c2cc3ccccc3o2)cs1. The van der Waals surface area contributed by atoms with Crippen LogP contribution in [0.4, 0.5) is 5.13 Å². The number of thiazole rings is 1. The number of aromatic nitrogens is 1. The number of thioether (sulfide) groups is 1. The van der Waals surface area contributed by atoms with E-state index < -0.39 is 0 Å². The number of furan rings is 1. The molecule has 1 aromatic carbocycles. The predicted molar refractivity (Wildman–Crippen MR) is 84.3 cm³/mol. The van der Waals surface area contributed by atoms with E-state index in [0.717, 1.165) is 16.7 Å². The molecule has 1 amide bonds. The number of carbonyl (C=O) groups is 1. The fourth-order valence-corrected chi connectivity index (χ4v) is 2.89. The first-order valence-electron chi connectivity index (χ1n) is 5.99. The molecule has 20 heavy (non-hydrogen) atoms. The van der Waals surface area contributed by atoms with Gasteiger partial charge in [0.25, 0.3) is 0 Å². The van der Waals surface area contributed by atoms with Crippen molar-refractivity contribution in [2.45, 2.75) is 0 Å². The number of nitrogens with zero attached hydrogens (tertiary/aromatic N) is 1. The van der Waals surface area contributed by atoms with E-state index in [0.29, 0.717) is 16.6 Å². The van der Waals surface area contributed by atoms with Gasteiger partial charge < -0.3 is 9.73 Å². The maximum absolute atomic E-state index is 11.5. The van der Waals surface area contributed by atoms with Crippen molar-refractivity contribution in [3.8, 4) is 11.5 Å². The molecule has 0 bridgehead atoms. The molecule has 0 unspecified atom stereocenters. The second kappa shape index (κ2) is 5.68. The lowest BCUT2D eigenvalue weighted by Gasteiger charge is -1.97. The number of para-hydroxylation sites is 1. The van der Waals surface area contributed by atoms with E-state index in [1.807, 2.05) is 42.0 Å². The summed E-state index contributed by atoms with van der Waals surface area (Å²) in [7, 11) is 0. The largest absolute Gasteiger partial charge is 0.454 e. The zero-order chi connectivity index (χ0) is 13.9. The molecule has 3 rings (SSSR count). The highest BCUT2D eigenvalue weighted by Gasteiger charge is 2.11. The van der Waals surface area contributed by atoms with Crippen molar-refractivity contribution in [2.24, 2.45) is 0 Å². The van der Waals surface area contributed by atoms with Crippen LogP contribution in [0.5, 0.6) is 0 Å². The fourth-order valence-electron chi connectivity index (χ4n) is 1.84. The highest BCUT2D eigenvalue weighted by Crippen LogP contribution is 2.30. The molecule has 3 aromatic rings. The molecule has 1 N–H and O–H groups in total. The third kappa shape index (κ3) is 2.71. The zero-order valence-electron chi connectivity index (χ0n) is 10.8. The van der Waals surface area contributed by atoms with Crippen LogP contribution in [0.1, 0.15) is 0 Å². The van der Waals surface area contributed by atoms with Crippen LogP contribution in [0, 0.1) is 0 Å². The minimum atomic E-state index is -0.0389. The average Bonchev–Trinajstić information content (AvgIpc) is 3.04. The Morgan fingerprint density at radius 3 is 3.10 bits per heavy atom. The zero-order valence-corrected chi connectivity index (χ0v) is 12.4. The fraction of sp³-hybridized carbons (Fsp3) is 0.143. The molecule has 0 saturated carbocycles. The van der Waals surface area contributed by atoms with Crippen molar-refractivity contribution in [3.05, 3.63) is 35.7 Å². The lowest BCUT2D eigenvalue weighted by atomic mass is 10.2. The topological polar surface area (TPSA) is 55.1 Å². The summed E-state index contributed by atoms with van der Waals surface area (Å²) in [5.41, 5.74) is 1.58. The van der Waals surface area contributed by atoms with Gasteiger partial charge in [0.2, 0.25) is 5.91 Å². The summed E-state index contributed by atoms with van der Waals surface area (Å²) >= 11 is 2.88. The summed E-state index contributed by atoms with van der Waals surface area (Å²) in [4.78, 5) is 15.9. The second-order valence-corrected chi connectivity index (χ2v) is 5.89. The third-order valence-corrected chi connectivity index (χ3v) is 4.01. The predicted octanol–water partition coefficient (Wildman–Crippen LogP) is 3.86. The second-order valence-electron chi connectivity index (χ2n) is 4.17. The Morgan fingerprint density at radius 1 is 1.45 bits per heavy atom. The molecule has 0 spiro atoms. The van der Waals surface area contributed by atoms with Gasteiger partial charge in [-0.15, -0.1) is 11.3 Å². The van der Waals surface area contributed by atoms with Crippen LogP contribution < -0.4 is 5.32 Å². The van der Waals surface area contributed by atoms with Gasteiger partial charge in [-0.3, -0.25) is 4.79 Å². The Bertz CT molecular complexity index is 715. The van der Waals surface area contributed by atoms with Crippen molar-refractivity contribution in [3.63, 3.8) is 0 Å². The van der Waals surface area contributed by atoms with Crippen molar-refractivity contribution >= 4 is 45.1 Å². The van der Waals surface area contributed by atoms with Crippen LogP contribution in [0.25, 0.3) is 22.4 Å². The number of nitrogens with one attached hydrogen (secondary N) is 1. The number of benzene rings is 1. The number of anilines is 1. The number of amides is 1. The third-order valence-electron chi connectivity index (χ3n) is 2.70. The average molecular weight is 304 g/mol. The summed E-state index contributed by atoms with van der Waals surface area (Å²) in [6.07, 6.45) is 1.89. The van der Waals surface area contributed by atoms with Crippen molar-refractivity contribution in [2.75, 3.05) is 17.3 Å². The van der Waals surface area contributed by atoms with E-state index in [4.69, 9.17) is 4.42 Å². The first-order valence-corrected chi connectivity index (χ1v) is 8.27. The number of hydrogen-bond donors (Lipinski definition) is 1. The Hall–Kier alpha value is -1.79. The van der Waals surface area contributed by atoms with Crippen LogP contribution in [0.2, 0.25) is 0 Å². The van der Waals surface area contributed by atoms with Gasteiger partial charge in [-0.05, 0) is 18.4 Å². The minimum Gasteiger partial charge on any atom is -0.454 e. The highest BCUT2D eigenvalue weighted by molar-refractivity contribution is 7.99. The maximum Gasteiger partial charge on any atom is 0.236 e. The Balaban J connectivity index is 1.84. The molecule has 0 saturated heterocycles. The van der Waals surface area contributed by atoms with Gasteiger partial charge in [-0.1, -0.05) is 18.2 Å². The van der Waals surface area contributed by atoms with Gasteiger partial charge in [-0.25, -0.2) is 4.98 Å². The van der Waals surface area contributed by atoms with Gasteiger partial charge in [0.15, 0.2) is 10.9 Å². The lowest BCUT2D eigenvalue weighted by Crippen LogP contribution is -2.13. The molecule has 2 aromatic heterocycles. The Kier molecular flexibility index (Phi) is 3.75. The first kappa shape index (κ1) is 13.2. The summed E-state index contributed by atoms with van der Waals surface area (Å²) in [5.74, 6) is 1.11. The van der Waals surface area contributed by atoms with E-state index in [2.05, 4.69) is 10.3 Å². The van der Waals surface area contributed by atoms with Crippen molar-refractivity contribution in [1.29, 1.82) is 0 Å². The molecule has 4 nitrogen and oxygen atoms in total. The summed E-state index contributed by atoms with van der Waals surface area (Å²) in [5, 5.41) is 6.30. The summed E-state index contributed by atoms with van der Waals surface area (Å²) in [6.45, 7) is 0. The van der Waals surface area contributed by atoms with Gasteiger partial charge >= 0.3 is 0 Å². The van der Waals surface area contributed by atoms with Gasteiger partial charge in [0.1, 0.15) is 11.3 Å². The minimum absolute atomic E-state index is 0.0389. The van der Waals surface area contributed by atoms with Crippen LogP contribution in [0.15, 0.2) is 40.1 Å².